The molecule has 0 aliphatic carbocycles. The van der Waals surface area contributed by atoms with E-state index in [9.17, 15) is 31.2 Å². The van der Waals surface area contributed by atoms with E-state index in [1.807, 2.05) is 6.92 Å². The molecule has 0 aliphatic rings. The minimum absolute atomic E-state index is 0.0675. The number of rotatable bonds is 11. The van der Waals surface area contributed by atoms with Gasteiger partial charge in [0.25, 0.3) is 0 Å². The third-order valence-corrected chi connectivity index (χ3v) is 7.12. The second-order valence-corrected chi connectivity index (χ2v) is 11.0. The zero-order valence-corrected chi connectivity index (χ0v) is 22.8. The first-order chi connectivity index (χ1) is 17.2. The van der Waals surface area contributed by atoms with Crippen molar-refractivity contribution in [3.63, 3.8) is 0 Å². The van der Waals surface area contributed by atoms with E-state index in [-0.39, 0.29) is 18.0 Å². The molecule has 0 saturated carbocycles. The number of amides is 2. The molecule has 1 N–H and O–H groups in total. The molecule has 2 aromatic rings. The van der Waals surface area contributed by atoms with Gasteiger partial charge in [0.2, 0.25) is 21.8 Å². The lowest BCUT2D eigenvalue weighted by atomic mass is 10.1. The van der Waals surface area contributed by atoms with E-state index in [1.165, 1.54) is 4.90 Å². The predicted molar refractivity (Wildman–Crippen MR) is 138 cm³/mol. The first-order valence-electron chi connectivity index (χ1n) is 11.3. The number of carbonyl (C=O) groups is 2. The van der Waals surface area contributed by atoms with Crippen LogP contribution in [0.2, 0.25) is 10.0 Å². The summed E-state index contributed by atoms with van der Waals surface area (Å²) in [5.74, 6) is -1.23. The van der Waals surface area contributed by atoms with Gasteiger partial charge in [-0.25, -0.2) is 8.42 Å². The number of sulfonamides is 1. The van der Waals surface area contributed by atoms with Crippen LogP contribution in [0.15, 0.2) is 42.5 Å². The Labute approximate surface area is 224 Å². The van der Waals surface area contributed by atoms with E-state index >= 15 is 0 Å². The van der Waals surface area contributed by atoms with Crippen molar-refractivity contribution in [2.24, 2.45) is 0 Å². The zero-order chi connectivity index (χ0) is 28.0. The summed E-state index contributed by atoms with van der Waals surface area (Å²) in [6.45, 7) is 2.98. The zero-order valence-electron chi connectivity index (χ0n) is 20.5. The summed E-state index contributed by atoms with van der Waals surface area (Å²) in [7, 11) is -4.26. The average molecular weight is 582 g/mol. The fourth-order valence-corrected chi connectivity index (χ4v) is 4.80. The second kappa shape index (κ2) is 12.8. The van der Waals surface area contributed by atoms with Gasteiger partial charge < -0.3 is 10.2 Å². The number of benzene rings is 2. The van der Waals surface area contributed by atoms with Gasteiger partial charge in [-0.3, -0.25) is 13.9 Å². The molecule has 0 aromatic heterocycles. The maximum absolute atomic E-state index is 13.6. The lowest BCUT2D eigenvalue weighted by molar-refractivity contribution is -0.140. The Hall–Kier alpha value is -2.50. The van der Waals surface area contributed by atoms with Crippen LogP contribution in [0.5, 0.6) is 0 Å². The molecule has 0 fully saturated rings. The van der Waals surface area contributed by atoms with Gasteiger partial charge in [0.1, 0.15) is 12.6 Å². The number of nitrogens with zero attached hydrogens (tertiary/aromatic N) is 2. The summed E-state index contributed by atoms with van der Waals surface area (Å²) in [5.41, 5.74) is -1.01. The summed E-state index contributed by atoms with van der Waals surface area (Å²) < 4.78 is 65.8. The summed E-state index contributed by atoms with van der Waals surface area (Å²) in [5, 5.41) is 2.90. The van der Waals surface area contributed by atoms with Crippen molar-refractivity contribution >= 4 is 50.7 Å². The highest BCUT2D eigenvalue weighted by molar-refractivity contribution is 7.92. The fourth-order valence-electron chi connectivity index (χ4n) is 3.55. The Bertz CT molecular complexity index is 1210. The van der Waals surface area contributed by atoms with Crippen LogP contribution in [-0.2, 0) is 32.3 Å². The highest BCUT2D eigenvalue weighted by Gasteiger charge is 2.35. The van der Waals surface area contributed by atoms with Crippen molar-refractivity contribution in [2.75, 3.05) is 23.7 Å². The molecule has 7 nitrogen and oxygen atoms in total. The number of carbonyl (C=O) groups excluding carboxylic acids is 2. The van der Waals surface area contributed by atoms with Gasteiger partial charge in [-0.1, -0.05) is 49.2 Å². The summed E-state index contributed by atoms with van der Waals surface area (Å²) in [6, 6.07) is 7.74. The first kappa shape index (κ1) is 30.7. The van der Waals surface area contributed by atoms with E-state index in [2.05, 4.69) is 5.32 Å². The second-order valence-electron chi connectivity index (χ2n) is 8.30. The van der Waals surface area contributed by atoms with Crippen LogP contribution in [0.4, 0.5) is 18.9 Å². The van der Waals surface area contributed by atoms with Crippen LogP contribution < -0.4 is 9.62 Å². The smallest absolute Gasteiger partial charge is 0.354 e. The lowest BCUT2D eigenvalue weighted by Gasteiger charge is -2.33. The van der Waals surface area contributed by atoms with Gasteiger partial charge in [0.05, 0.1) is 22.5 Å². The van der Waals surface area contributed by atoms with E-state index < -0.39 is 51.9 Å². The molecule has 1 atom stereocenters. The van der Waals surface area contributed by atoms with Crippen LogP contribution in [-0.4, -0.2) is 50.5 Å². The molecule has 2 rings (SSSR count). The largest absolute Gasteiger partial charge is 0.416 e. The summed E-state index contributed by atoms with van der Waals surface area (Å²) in [6.07, 6.45) is -3.15. The van der Waals surface area contributed by atoms with Gasteiger partial charge >= 0.3 is 6.18 Å². The van der Waals surface area contributed by atoms with Crippen LogP contribution >= 0.6 is 23.2 Å². The van der Waals surface area contributed by atoms with Crippen LogP contribution in [0.3, 0.4) is 0 Å². The highest BCUT2D eigenvalue weighted by Crippen LogP contribution is 2.36. The van der Waals surface area contributed by atoms with Crippen molar-refractivity contribution < 1.29 is 31.2 Å². The molecule has 0 bridgehead atoms. The lowest BCUT2D eigenvalue weighted by Crippen LogP contribution is -2.52. The molecule has 2 aromatic carbocycles. The van der Waals surface area contributed by atoms with Crippen molar-refractivity contribution in [3.05, 3.63) is 63.6 Å². The van der Waals surface area contributed by atoms with Crippen LogP contribution in [0.1, 0.15) is 37.8 Å². The minimum atomic E-state index is -4.77. The molecule has 0 radical (unpaired) electrons. The van der Waals surface area contributed by atoms with Gasteiger partial charge in [-0.2, -0.15) is 13.2 Å². The summed E-state index contributed by atoms with van der Waals surface area (Å²) in [4.78, 5) is 27.6. The topological polar surface area (TPSA) is 86.8 Å². The van der Waals surface area contributed by atoms with Crippen LogP contribution in [0.25, 0.3) is 0 Å². The number of hydrogen-bond acceptors (Lipinski definition) is 4. The molecule has 0 unspecified atom stereocenters. The molecule has 0 aliphatic heterocycles. The number of nitrogens with one attached hydrogen (secondary N) is 1. The standard InChI is InChI=1S/C24H28Cl2F3N3O4S/c1-4-12-30-23(34)20(5-2)31(14-16-6-9-18(25)10-7-16)22(33)15-32(37(3,35)36)21-13-17(24(27,28)29)8-11-19(21)26/h6-11,13,20H,4-5,12,14-15H2,1-3H3,(H,30,34)/t20-/m0/s1. The molecule has 0 spiro atoms. The van der Waals surface area contributed by atoms with E-state index in [4.69, 9.17) is 23.2 Å². The van der Waals surface area contributed by atoms with E-state index in [0.717, 1.165) is 12.3 Å². The fraction of sp³-hybridized carbons (Fsp3) is 0.417. The van der Waals surface area contributed by atoms with Crippen LogP contribution in [0, 0.1) is 0 Å². The Morgan fingerprint density at radius 3 is 2.19 bits per heavy atom. The molecule has 204 valence electrons. The van der Waals surface area contributed by atoms with Gasteiger partial charge in [0, 0.05) is 18.1 Å². The number of halogens is 5. The van der Waals surface area contributed by atoms with E-state index in [0.29, 0.717) is 40.0 Å². The Morgan fingerprint density at radius 2 is 1.68 bits per heavy atom. The summed E-state index contributed by atoms with van der Waals surface area (Å²) >= 11 is 12.0. The minimum Gasteiger partial charge on any atom is -0.354 e. The monoisotopic (exact) mass is 581 g/mol. The van der Waals surface area contributed by atoms with E-state index in [1.54, 1.807) is 31.2 Å². The number of hydrogen-bond donors (Lipinski definition) is 1. The molecule has 0 saturated heterocycles. The van der Waals surface area contributed by atoms with Crippen molar-refractivity contribution in [1.29, 1.82) is 0 Å². The third kappa shape index (κ3) is 8.51. The van der Waals surface area contributed by atoms with Gasteiger partial charge in [0.15, 0.2) is 0 Å². The van der Waals surface area contributed by atoms with Gasteiger partial charge in [-0.15, -0.1) is 0 Å². The number of alkyl halides is 3. The first-order valence-corrected chi connectivity index (χ1v) is 14.0. The third-order valence-electron chi connectivity index (χ3n) is 5.42. The molecule has 37 heavy (non-hydrogen) atoms. The molecule has 2 amide bonds. The van der Waals surface area contributed by atoms with Gasteiger partial charge in [-0.05, 0) is 48.7 Å². The normalized spacial score (nSPS) is 12.6. The Kier molecular flexibility index (Phi) is 10.7. The molecule has 13 heteroatoms. The Balaban J connectivity index is 2.52. The predicted octanol–water partition coefficient (Wildman–Crippen LogP) is 5.11. The maximum Gasteiger partial charge on any atom is 0.416 e. The molecule has 0 heterocycles. The Morgan fingerprint density at radius 1 is 1.05 bits per heavy atom. The number of anilines is 1. The SMILES string of the molecule is CCCNC(=O)[C@H](CC)N(Cc1ccc(Cl)cc1)C(=O)CN(c1cc(C(F)(F)F)ccc1Cl)S(C)(=O)=O. The highest BCUT2D eigenvalue weighted by atomic mass is 35.5. The molecular formula is C24H28Cl2F3N3O4S. The maximum atomic E-state index is 13.6. The molecular weight excluding hydrogens is 554 g/mol. The van der Waals surface area contributed by atoms with Crippen molar-refractivity contribution in [1.82, 2.24) is 10.2 Å². The van der Waals surface area contributed by atoms with Crippen molar-refractivity contribution in [3.8, 4) is 0 Å². The van der Waals surface area contributed by atoms with Crippen molar-refractivity contribution in [2.45, 2.75) is 45.5 Å². The average Bonchev–Trinajstić information content (AvgIpc) is 2.81. The quantitative estimate of drug-likeness (QED) is 0.399.